The Labute approximate surface area is 107 Å². The highest BCUT2D eigenvalue weighted by molar-refractivity contribution is 9.10. The third-order valence-electron chi connectivity index (χ3n) is 1.85. The van der Waals surface area contributed by atoms with E-state index in [2.05, 4.69) is 30.0 Å². The SMILES string of the molecule is O=C(Nc1cc(Br)c(F)cc1F)c1cnsn1. The molecule has 1 amide bonds. The number of anilines is 1. The summed E-state index contributed by atoms with van der Waals surface area (Å²) in [6.07, 6.45) is 1.26. The van der Waals surface area contributed by atoms with Crippen LogP contribution in [0.4, 0.5) is 14.5 Å². The molecule has 0 unspecified atom stereocenters. The zero-order valence-corrected chi connectivity index (χ0v) is 10.5. The second-order valence-electron chi connectivity index (χ2n) is 2.99. The van der Waals surface area contributed by atoms with Crippen molar-refractivity contribution >= 4 is 39.3 Å². The topological polar surface area (TPSA) is 54.9 Å². The second-order valence-corrected chi connectivity index (χ2v) is 4.40. The lowest BCUT2D eigenvalue weighted by molar-refractivity contribution is 0.102. The Morgan fingerprint density at radius 2 is 2.12 bits per heavy atom. The third-order valence-corrected chi connectivity index (χ3v) is 2.94. The van der Waals surface area contributed by atoms with Gasteiger partial charge < -0.3 is 5.32 Å². The lowest BCUT2D eigenvalue weighted by Crippen LogP contribution is -2.13. The van der Waals surface area contributed by atoms with E-state index in [0.29, 0.717) is 6.07 Å². The molecule has 0 aliphatic rings. The first-order chi connectivity index (χ1) is 8.08. The number of rotatable bonds is 2. The van der Waals surface area contributed by atoms with Crippen LogP contribution in [0.1, 0.15) is 10.5 Å². The molecule has 0 saturated heterocycles. The molecule has 0 spiro atoms. The fourth-order valence-electron chi connectivity index (χ4n) is 1.07. The minimum Gasteiger partial charge on any atom is -0.318 e. The van der Waals surface area contributed by atoms with E-state index in [9.17, 15) is 13.6 Å². The molecule has 1 aromatic carbocycles. The summed E-state index contributed by atoms with van der Waals surface area (Å²) in [6, 6.07) is 1.82. The van der Waals surface area contributed by atoms with Gasteiger partial charge in [-0.05, 0) is 22.0 Å². The number of hydrogen-bond acceptors (Lipinski definition) is 4. The van der Waals surface area contributed by atoms with Crippen molar-refractivity contribution in [3.8, 4) is 0 Å². The Morgan fingerprint density at radius 1 is 1.35 bits per heavy atom. The van der Waals surface area contributed by atoms with Gasteiger partial charge in [-0.25, -0.2) is 8.78 Å². The Morgan fingerprint density at radius 3 is 2.76 bits per heavy atom. The molecule has 1 heterocycles. The first kappa shape index (κ1) is 12.1. The molecular formula is C9H4BrF2N3OS. The van der Waals surface area contributed by atoms with Crippen LogP contribution in [0.2, 0.25) is 0 Å². The van der Waals surface area contributed by atoms with Crippen LogP contribution in [-0.2, 0) is 0 Å². The number of hydrogen-bond donors (Lipinski definition) is 1. The molecule has 4 nitrogen and oxygen atoms in total. The second kappa shape index (κ2) is 4.84. The van der Waals surface area contributed by atoms with E-state index in [0.717, 1.165) is 17.8 Å². The van der Waals surface area contributed by atoms with Crippen molar-refractivity contribution in [2.45, 2.75) is 0 Å². The van der Waals surface area contributed by atoms with E-state index in [-0.39, 0.29) is 15.9 Å². The quantitative estimate of drug-likeness (QED) is 0.866. The normalized spacial score (nSPS) is 10.3. The molecule has 1 aromatic heterocycles. The first-order valence-electron chi connectivity index (χ1n) is 4.31. The van der Waals surface area contributed by atoms with Gasteiger partial charge in [-0.2, -0.15) is 8.75 Å². The summed E-state index contributed by atoms with van der Waals surface area (Å²) in [6.45, 7) is 0. The van der Waals surface area contributed by atoms with Gasteiger partial charge in [-0.3, -0.25) is 4.79 Å². The largest absolute Gasteiger partial charge is 0.318 e. The highest BCUT2D eigenvalue weighted by atomic mass is 79.9. The summed E-state index contributed by atoms with van der Waals surface area (Å²) >= 11 is 3.76. The maximum atomic E-state index is 13.3. The fourth-order valence-corrected chi connectivity index (χ4v) is 1.82. The molecule has 0 aliphatic carbocycles. The summed E-state index contributed by atoms with van der Waals surface area (Å²) in [5.41, 5.74) is -0.0499. The van der Waals surface area contributed by atoms with Crippen LogP contribution in [0, 0.1) is 11.6 Å². The molecule has 0 aliphatic heterocycles. The number of benzene rings is 1. The lowest BCUT2D eigenvalue weighted by atomic mass is 10.3. The number of halogens is 3. The number of carbonyl (C=O) groups is 1. The highest BCUT2D eigenvalue weighted by Crippen LogP contribution is 2.23. The predicted molar refractivity (Wildman–Crippen MR) is 61.9 cm³/mol. The molecule has 0 atom stereocenters. The number of aromatic nitrogens is 2. The Kier molecular flexibility index (Phi) is 3.43. The van der Waals surface area contributed by atoms with E-state index in [1.54, 1.807) is 0 Å². The molecule has 1 N–H and O–H groups in total. The molecule has 17 heavy (non-hydrogen) atoms. The van der Waals surface area contributed by atoms with Crippen LogP contribution < -0.4 is 5.32 Å². The average molecular weight is 320 g/mol. The molecule has 0 bridgehead atoms. The van der Waals surface area contributed by atoms with E-state index >= 15 is 0 Å². The van der Waals surface area contributed by atoms with Crippen LogP contribution in [0.5, 0.6) is 0 Å². The van der Waals surface area contributed by atoms with E-state index in [4.69, 9.17) is 0 Å². The molecule has 0 fully saturated rings. The van der Waals surface area contributed by atoms with Gasteiger partial charge in [-0.15, -0.1) is 0 Å². The number of nitrogens with one attached hydrogen (secondary N) is 1. The number of carbonyl (C=O) groups excluding carboxylic acids is 1. The van der Waals surface area contributed by atoms with Gasteiger partial charge >= 0.3 is 0 Å². The molecule has 2 rings (SSSR count). The van der Waals surface area contributed by atoms with Gasteiger partial charge in [0, 0.05) is 6.07 Å². The Balaban J connectivity index is 2.25. The van der Waals surface area contributed by atoms with Gasteiger partial charge in [0.15, 0.2) is 5.69 Å². The van der Waals surface area contributed by atoms with Gasteiger partial charge in [0.2, 0.25) is 0 Å². The van der Waals surface area contributed by atoms with Crippen molar-refractivity contribution in [3.63, 3.8) is 0 Å². The Bertz CT molecular complexity index is 562. The van der Waals surface area contributed by atoms with E-state index in [1.807, 2.05) is 0 Å². The average Bonchev–Trinajstić information content (AvgIpc) is 2.79. The van der Waals surface area contributed by atoms with Crippen molar-refractivity contribution in [2.75, 3.05) is 5.32 Å². The van der Waals surface area contributed by atoms with Crippen LogP contribution in [-0.4, -0.2) is 14.7 Å². The van der Waals surface area contributed by atoms with E-state index in [1.165, 1.54) is 6.20 Å². The summed E-state index contributed by atoms with van der Waals surface area (Å²) in [4.78, 5) is 11.5. The molecular weight excluding hydrogens is 316 g/mol. The van der Waals surface area contributed by atoms with Crippen LogP contribution in [0.25, 0.3) is 0 Å². The van der Waals surface area contributed by atoms with Gasteiger partial charge in [0.05, 0.1) is 28.1 Å². The van der Waals surface area contributed by atoms with E-state index < -0.39 is 17.5 Å². The van der Waals surface area contributed by atoms with Crippen LogP contribution >= 0.6 is 27.7 Å². The maximum Gasteiger partial charge on any atom is 0.277 e. The number of nitrogens with zero attached hydrogens (tertiary/aromatic N) is 2. The number of amides is 1. The molecule has 88 valence electrons. The summed E-state index contributed by atoms with van der Waals surface area (Å²) in [5, 5.41) is 2.27. The van der Waals surface area contributed by atoms with Crippen LogP contribution in [0.15, 0.2) is 22.8 Å². The van der Waals surface area contributed by atoms with Crippen molar-refractivity contribution in [1.29, 1.82) is 0 Å². The Hall–Kier alpha value is -1.41. The monoisotopic (exact) mass is 319 g/mol. The van der Waals surface area contributed by atoms with Crippen molar-refractivity contribution < 1.29 is 13.6 Å². The van der Waals surface area contributed by atoms with Gasteiger partial charge in [0.25, 0.3) is 5.91 Å². The van der Waals surface area contributed by atoms with Gasteiger partial charge in [0.1, 0.15) is 11.6 Å². The maximum absolute atomic E-state index is 13.3. The summed E-state index contributed by atoms with van der Waals surface area (Å²) in [7, 11) is 0. The third kappa shape index (κ3) is 2.64. The van der Waals surface area contributed by atoms with Gasteiger partial charge in [-0.1, -0.05) is 0 Å². The first-order valence-corrected chi connectivity index (χ1v) is 5.83. The molecule has 0 saturated carbocycles. The molecule has 2 aromatic rings. The lowest BCUT2D eigenvalue weighted by Gasteiger charge is -2.05. The molecule has 0 radical (unpaired) electrons. The predicted octanol–water partition coefficient (Wildman–Crippen LogP) is 2.83. The van der Waals surface area contributed by atoms with Crippen LogP contribution in [0.3, 0.4) is 0 Å². The van der Waals surface area contributed by atoms with Crippen molar-refractivity contribution in [2.24, 2.45) is 0 Å². The van der Waals surface area contributed by atoms with Crippen molar-refractivity contribution in [3.05, 3.63) is 40.1 Å². The minimum absolute atomic E-state index is 0.0607. The van der Waals surface area contributed by atoms with Crippen molar-refractivity contribution in [1.82, 2.24) is 8.75 Å². The zero-order valence-electron chi connectivity index (χ0n) is 8.08. The summed E-state index contributed by atoms with van der Waals surface area (Å²) < 4.78 is 33.7. The smallest absolute Gasteiger partial charge is 0.277 e. The zero-order chi connectivity index (χ0) is 12.4. The fraction of sp³-hybridized carbons (Fsp3) is 0. The standard InChI is InChI=1S/C9H4BrF2N3OS/c10-4-1-7(6(12)2-5(4)11)14-9(16)8-3-13-17-15-8/h1-3H,(H,14,16). The highest BCUT2D eigenvalue weighted by Gasteiger charge is 2.13. The summed E-state index contributed by atoms with van der Waals surface area (Å²) in [5.74, 6) is -2.20. The molecule has 8 heteroatoms. The minimum atomic E-state index is -0.859.